The van der Waals surface area contributed by atoms with Crippen LogP contribution in [-0.4, -0.2) is 72.9 Å². The van der Waals surface area contributed by atoms with Gasteiger partial charge in [-0.2, -0.15) is 4.31 Å². The molecule has 0 aliphatic carbocycles. The van der Waals surface area contributed by atoms with E-state index in [2.05, 4.69) is 4.98 Å². The van der Waals surface area contributed by atoms with E-state index in [1.807, 2.05) is 32.9 Å². The fourth-order valence-corrected chi connectivity index (χ4v) is 4.89. The van der Waals surface area contributed by atoms with Gasteiger partial charge >= 0.3 is 6.09 Å². The number of carbonyl (C=O) groups is 1. The molecule has 8 nitrogen and oxygen atoms in total. The molecule has 0 radical (unpaired) electrons. The normalized spacial score (nSPS) is 18.5. The minimum atomic E-state index is -3.53. The first-order valence-electron chi connectivity index (χ1n) is 9.98. The molecule has 1 amide bonds. The topological polar surface area (TPSA) is 89.0 Å². The van der Waals surface area contributed by atoms with Crippen molar-refractivity contribution in [3.8, 4) is 0 Å². The number of aromatic nitrogens is 1. The van der Waals surface area contributed by atoms with Gasteiger partial charge in [0.25, 0.3) is 0 Å². The molecule has 0 bridgehead atoms. The van der Waals surface area contributed by atoms with Crippen LogP contribution in [0.5, 0.6) is 0 Å². The van der Waals surface area contributed by atoms with E-state index in [9.17, 15) is 13.2 Å². The largest absolute Gasteiger partial charge is 0.444 e. The Balaban J connectivity index is 2.15. The zero-order chi connectivity index (χ0) is 21.5. The van der Waals surface area contributed by atoms with E-state index in [0.29, 0.717) is 38.0 Å². The maximum absolute atomic E-state index is 13.0. The van der Waals surface area contributed by atoms with Gasteiger partial charge in [0, 0.05) is 32.4 Å². The van der Waals surface area contributed by atoms with Crippen LogP contribution in [0.1, 0.15) is 45.7 Å². The van der Waals surface area contributed by atoms with Crippen molar-refractivity contribution >= 4 is 16.1 Å². The molecule has 0 saturated carbocycles. The SMILES string of the molecule is COCCS(=O)(=O)N(Cc1ccccn1)[C@H]1CCCN(C(=O)OC(C)(C)C)CC1. The van der Waals surface area contributed by atoms with Crippen molar-refractivity contribution in [1.82, 2.24) is 14.2 Å². The van der Waals surface area contributed by atoms with E-state index < -0.39 is 15.6 Å². The Morgan fingerprint density at radius 2 is 2.03 bits per heavy atom. The van der Waals surface area contributed by atoms with Crippen LogP contribution in [0.15, 0.2) is 24.4 Å². The summed E-state index contributed by atoms with van der Waals surface area (Å²) in [5, 5.41) is 0. The number of carbonyl (C=O) groups excluding carboxylic acids is 1. The molecule has 0 unspecified atom stereocenters. The second-order valence-corrected chi connectivity index (χ2v) is 10.3. The zero-order valence-electron chi connectivity index (χ0n) is 17.8. The number of methoxy groups -OCH3 is 1. The lowest BCUT2D eigenvalue weighted by molar-refractivity contribution is 0.0255. The van der Waals surface area contributed by atoms with Crippen molar-refractivity contribution in [2.75, 3.05) is 32.6 Å². The van der Waals surface area contributed by atoms with Gasteiger partial charge in [0.15, 0.2) is 0 Å². The molecule has 2 rings (SSSR count). The lowest BCUT2D eigenvalue weighted by Crippen LogP contribution is -2.43. The minimum Gasteiger partial charge on any atom is -0.444 e. The number of ether oxygens (including phenoxy) is 2. The monoisotopic (exact) mass is 427 g/mol. The highest BCUT2D eigenvalue weighted by atomic mass is 32.2. The highest BCUT2D eigenvalue weighted by molar-refractivity contribution is 7.89. The predicted molar refractivity (Wildman–Crippen MR) is 111 cm³/mol. The number of rotatable bonds is 7. The van der Waals surface area contributed by atoms with Crippen molar-refractivity contribution < 1.29 is 22.7 Å². The summed E-state index contributed by atoms with van der Waals surface area (Å²) in [6.45, 7) is 6.87. The second kappa shape index (κ2) is 10.4. The molecular weight excluding hydrogens is 394 g/mol. The van der Waals surface area contributed by atoms with Crippen LogP contribution in [0.4, 0.5) is 4.79 Å². The molecule has 1 saturated heterocycles. The number of nitrogens with zero attached hydrogens (tertiary/aromatic N) is 3. The number of hydrogen-bond acceptors (Lipinski definition) is 6. The molecule has 2 heterocycles. The molecule has 1 aliphatic heterocycles. The summed E-state index contributed by atoms with van der Waals surface area (Å²) in [6.07, 6.45) is 3.25. The fourth-order valence-electron chi connectivity index (χ4n) is 3.29. The Labute approximate surface area is 174 Å². The molecule has 9 heteroatoms. The Bertz CT molecular complexity index is 749. The molecule has 29 heavy (non-hydrogen) atoms. The first-order valence-corrected chi connectivity index (χ1v) is 11.6. The molecule has 164 valence electrons. The lowest BCUT2D eigenvalue weighted by atomic mass is 10.1. The number of pyridine rings is 1. The van der Waals surface area contributed by atoms with Crippen LogP contribution in [0.25, 0.3) is 0 Å². The molecular formula is C20H33N3O5S. The molecule has 0 spiro atoms. The molecule has 0 aromatic carbocycles. The Morgan fingerprint density at radius 1 is 1.28 bits per heavy atom. The Kier molecular flexibility index (Phi) is 8.42. The number of likely N-dealkylation sites (tertiary alicyclic amines) is 1. The van der Waals surface area contributed by atoms with E-state index in [4.69, 9.17) is 9.47 Å². The molecule has 1 atom stereocenters. The van der Waals surface area contributed by atoms with Crippen molar-refractivity contribution in [3.63, 3.8) is 0 Å². The minimum absolute atomic E-state index is 0.0807. The van der Waals surface area contributed by atoms with Gasteiger partial charge in [0.05, 0.1) is 24.6 Å². The summed E-state index contributed by atoms with van der Waals surface area (Å²) >= 11 is 0. The second-order valence-electron chi connectivity index (χ2n) is 8.23. The Morgan fingerprint density at radius 3 is 2.66 bits per heavy atom. The standard InChI is InChI=1S/C20H33N3O5S/c1-20(2,3)28-19(24)22-12-7-9-18(10-13-22)23(29(25,26)15-14-27-4)16-17-8-5-6-11-21-17/h5-6,8,11,18H,7,9-10,12-16H2,1-4H3/t18-/m0/s1. The predicted octanol–water partition coefficient (Wildman–Crippen LogP) is 2.65. The molecule has 1 fully saturated rings. The lowest BCUT2D eigenvalue weighted by Gasteiger charge is -2.30. The molecule has 0 N–H and O–H groups in total. The summed E-state index contributed by atoms with van der Waals surface area (Å²) in [6, 6.07) is 5.27. The van der Waals surface area contributed by atoms with E-state index in [1.165, 1.54) is 11.4 Å². The van der Waals surface area contributed by atoms with Crippen LogP contribution in [0.2, 0.25) is 0 Å². The van der Waals surface area contributed by atoms with E-state index in [-0.39, 0.29) is 31.0 Å². The summed E-state index contributed by atoms with van der Waals surface area (Å²) < 4.78 is 38.0. The van der Waals surface area contributed by atoms with Gasteiger partial charge in [-0.25, -0.2) is 13.2 Å². The molecule has 1 aromatic rings. The van der Waals surface area contributed by atoms with Crippen molar-refractivity contribution in [2.24, 2.45) is 0 Å². The van der Waals surface area contributed by atoms with Crippen molar-refractivity contribution in [2.45, 2.75) is 58.2 Å². The smallest absolute Gasteiger partial charge is 0.410 e. The van der Waals surface area contributed by atoms with Gasteiger partial charge in [-0.15, -0.1) is 0 Å². The first kappa shape index (κ1) is 23.6. The third-order valence-electron chi connectivity index (χ3n) is 4.70. The summed E-state index contributed by atoms with van der Waals surface area (Å²) in [4.78, 5) is 18.4. The van der Waals surface area contributed by atoms with Gasteiger partial charge in [0.2, 0.25) is 10.0 Å². The van der Waals surface area contributed by atoms with Crippen LogP contribution in [0.3, 0.4) is 0 Å². The van der Waals surface area contributed by atoms with Gasteiger partial charge in [-0.1, -0.05) is 6.07 Å². The summed E-state index contributed by atoms with van der Waals surface area (Å²) in [7, 11) is -2.04. The van der Waals surface area contributed by atoms with E-state index in [0.717, 1.165) is 0 Å². The quantitative estimate of drug-likeness (QED) is 0.665. The van der Waals surface area contributed by atoms with Crippen LogP contribution in [0, 0.1) is 0 Å². The third kappa shape index (κ3) is 7.56. The third-order valence-corrected chi connectivity index (χ3v) is 6.53. The van der Waals surface area contributed by atoms with Crippen LogP contribution in [-0.2, 0) is 26.0 Å². The maximum Gasteiger partial charge on any atom is 0.410 e. The highest BCUT2D eigenvalue weighted by Gasteiger charge is 2.33. The van der Waals surface area contributed by atoms with Gasteiger partial charge in [-0.05, 0) is 52.2 Å². The average Bonchev–Trinajstić information content (AvgIpc) is 2.90. The van der Waals surface area contributed by atoms with Gasteiger partial charge in [-0.3, -0.25) is 4.98 Å². The number of hydrogen-bond donors (Lipinski definition) is 0. The highest BCUT2D eigenvalue weighted by Crippen LogP contribution is 2.23. The van der Waals surface area contributed by atoms with Crippen molar-refractivity contribution in [3.05, 3.63) is 30.1 Å². The van der Waals surface area contributed by atoms with E-state index in [1.54, 1.807) is 17.2 Å². The van der Waals surface area contributed by atoms with Crippen LogP contribution >= 0.6 is 0 Å². The van der Waals surface area contributed by atoms with Gasteiger partial charge < -0.3 is 14.4 Å². The fraction of sp³-hybridized carbons (Fsp3) is 0.700. The maximum atomic E-state index is 13.0. The number of amides is 1. The first-order chi connectivity index (χ1) is 13.6. The average molecular weight is 428 g/mol. The van der Waals surface area contributed by atoms with E-state index >= 15 is 0 Å². The van der Waals surface area contributed by atoms with Crippen LogP contribution < -0.4 is 0 Å². The Hall–Kier alpha value is -1.71. The summed E-state index contributed by atoms with van der Waals surface area (Å²) in [5.41, 5.74) is 0.138. The zero-order valence-corrected chi connectivity index (χ0v) is 18.7. The van der Waals surface area contributed by atoms with Crippen molar-refractivity contribution in [1.29, 1.82) is 0 Å². The van der Waals surface area contributed by atoms with Gasteiger partial charge in [0.1, 0.15) is 5.60 Å². The molecule has 1 aliphatic rings. The molecule has 1 aromatic heterocycles. The summed E-state index contributed by atoms with van der Waals surface area (Å²) in [5.74, 6) is -0.0807. The number of sulfonamides is 1.